The zero-order valence-corrected chi connectivity index (χ0v) is 13.5. The van der Waals surface area contributed by atoms with Gasteiger partial charge in [-0.15, -0.1) is 0 Å². The highest BCUT2D eigenvalue weighted by molar-refractivity contribution is 5.12. The van der Waals surface area contributed by atoms with Crippen molar-refractivity contribution in [3.05, 3.63) is 30.1 Å². The molecule has 0 amide bonds. The van der Waals surface area contributed by atoms with Crippen molar-refractivity contribution in [3.8, 4) is 0 Å². The van der Waals surface area contributed by atoms with Crippen LogP contribution in [0.2, 0.25) is 0 Å². The predicted octanol–water partition coefficient (Wildman–Crippen LogP) is 3.21. The monoisotopic (exact) mass is 287 g/mol. The number of nitrogens with zero attached hydrogens (tertiary/aromatic N) is 2. The maximum Gasteiger partial charge on any atom is 0.0338 e. The Balaban J connectivity index is 1.78. The zero-order valence-electron chi connectivity index (χ0n) is 13.5. The molecule has 1 aliphatic heterocycles. The van der Waals surface area contributed by atoms with Crippen molar-refractivity contribution in [2.75, 3.05) is 13.1 Å². The van der Waals surface area contributed by atoms with Gasteiger partial charge in [0.25, 0.3) is 0 Å². The van der Waals surface area contributed by atoms with Crippen molar-refractivity contribution < 1.29 is 0 Å². The molecule has 3 nitrogen and oxygen atoms in total. The van der Waals surface area contributed by atoms with Crippen LogP contribution < -0.4 is 5.32 Å². The average Bonchev–Trinajstić information content (AvgIpc) is 2.51. The van der Waals surface area contributed by atoms with Gasteiger partial charge in [-0.05, 0) is 36.5 Å². The lowest BCUT2D eigenvalue weighted by atomic mass is 9.77. The second kappa shape index (κ2) is 6.45. The normalized spacial score (nSPS) is 26.3. The summed E-state index contributed by atoms with van der Waals surface area (Å²) in [4.78, 5) is 6.94. The third kappa shape index (κ3) is 3.29. The van der Waals surface area contributed by atoms with E-state index in [1.165, 1.54) is 50.8 Å². The molecule has 1 unspecified atom stereocenters. The number of hydrogen-bond donors (Lipinski definition) is 1. The number of nitrogens with one attached hydrogen (secondary N) is 1. The first-order valence-corrected chi connectivity index (χ1v) is 8.57. The smallest absolute Gasteiger partial charge is 0.0338 e. The molecule has 1 N–H and O–H groups in total. The number of pyridine rings is 1. The second-order valence-corrected chi connectivity index (χ2v) is 7.25. The fourth-order valence-electron chi connectivity index (χ4n) is 4.02. The molecule has 3 rings (SSSR count). The second-order valence-electron chi connectivity index (χ2n) is 7.25. The Bertz CT molecular complexity index is 437. The van der Waals surface area contributed by atoms with Gasteiger partial charge in [0.1, 0.15) is 0 Å². The number of hydrogen-bond acceptors (Lipinski definition) is 3. The average molecular weight is 287 g/mol. The van der Waals surface area contributed by atoms with E-state index in [1.54, 1.807) is 0 Å². The van der Waals surface area contributed by atoms with Gasteiger partial charge in [0, 0.05) is 43.6 Å². The van der Waals surface area contributed by atoms with Crippen molar-refractivity contribution in [2.24, 2.45) is 5.92 Å². The van der Waals surface area contributed by atoms with E-state index in [-0.39, 0.29) is 0 Å². The van der Waals surface area contributed by atoms with E-state index in [0.29, 0.717) is 17.5 Å². The minimum atomic E-state index is 0.396. The van der Waals surface area contributed by atoms with Crippen molar-refractivity contribution in [1.29, 1.82) is 0 Å². The van der Waals surface area contributed by atoms with Crippen LogP contribution in [0.1, 0.15) is 51.5 Å². The molecule has 1 aromatic heterocycles. The Hall–Kier alpha value is -0.930. The lowest BCUT2D eigenvalue weighted by Crippen LogP contribution is -2.65. The first-order chi connectivity index (χ1) is 10.2. The van der Waals surface area contributed by atoms with Crippen LogP contribution in [0.15, 0.2) is 24.5 Å². The fraction of sp³-hybridized carbons (Fsp3) is 0.722. The topological polar surface area (TPSA) is 28.2 Å². The maximum absolute atomic E-state index is 4.15. The molecule has 2 heterocycles. The Morgan fingerprint density at radius 1 is 1.24 bits per heavy atom. The molecule has 1 saturated carbocycles. The van der Waals surface area contributed by atoms with Crippen LogP contribution in [-0.4, -0.2) is 34.6 Å². The minimum absolute atomic E-state index is 0.396. The number of piperazine rings is 1. The largest absolute Gasteiger partial charge is 0.311 e. The highest BCUT2D eigenvalue weighted by Crippen LogP contribution is 2.37. The first kappa shape index (κ1) is 15.0. The van der Waals surface area contributed by atoms with Gasteiger partial charge in [-0.1, -0.05) is 33.1 Å². The lowest BCUT2D eigenvalue weighted by molar-refractivity contribution is -0.00422. The molecule has 21 heavy (non-hydrogen) atoms. The minimum Gasteiger partial charge on any atom is -0.311 e. The van der Waals surface area contributed by atoms with E-state index < -0.39 is 0 Å². The summed E-state index contributed by atoms with van der Waals surface area (Å²) in [6.45, 7) is 8.09. The van der Waals surface area contributed by atoms with E-state index >= 15 is 0 Å². The summed E-state index contributed by atoms with van der Waals surface area (Å²) in [5.74, 6) is 0.700. The van der Waals surface area contributed by atoms with E-state index in [9.17, 15) is 0 Å². The highest BCUT2D eigenvalue weighted by atomic mass is 15.3. The van der Waals surface area contributed by atoms with Crippen LogP contribution in [0, 0.1) is 5.92 Å². The summed E-state index contributed by atoms with van der Waals surface area (Å²) < 4.78 is 0. The Kier molecular flexibility index (Phi) is 4.60. The molecule has 1 spiro atoms. The third-order valence-electron chi connectivity index (χ3n) is 5.49. The van der Waals surface area contributed by atoms with E-state index in [4.69, 9.17) is 0 Å². The molecule has 0 bridgehead atoms. The highest BCUT2D eigenvalue weighted by Gasteiger charge is 2.42. The molecule has 1 atom stereocenters. The first-order valence-electron chi connectivity index (χ1n) is 8.57. The van der Waals surface area contributed by atoms with Crippen LogP contribution >= 0.6 is 0 Å². The Labute approximate surface area is 129 Å². The van der Waals surface area contributed by atoms with E-state index in [0.717, 1.165) is 6.54 Å². The van der Waals surface area contributed by atoms with Crippen LogP contribution in [0.25, 0.3) is 0 Å². The van der Waals surface area contributed by atoms with Crippen molar-refractivity contribution in [3.63, 3.8) is 0 Å². The summed E-state index contributed by atoms with van der Waals surface area (Å²) in [7, 11) is 0. The summed E-state index contributed by atoms with van der Waals surface area (Å²) >= 11 is 0. The molecule has 2 aliphatic rings. The lowest BCUT2D eigenvalue weighted by Gasteiger charge is -2.53. The molecule has 0 aromatic carbocycles. The van der Waals surface area contributed by atoms with E-state index in [2.05, 4.69) is 41.2 Å². The molecule has 1 aromatic rings. The molecule has 0 radical (unpaired) electrons. The van der Waals surface area contributed by atoms with Crippen molar-refractivity contribution in [2.45, 2.75) is 64.1 Å². The van der Waals surface area contributed by atoms with Gasteiger partial charge in [0.2, 0.25) is 0 Å². The quantitative estimate of drug-likeness (QED) is 0.925. The molecule has 1 aliphatic carbocycles. The van der Waals surface area contributed by atoms with Gasteiger partial charge < -0.3 is 5.32 Å². The standard InChI is InChI=1S/C18H29N3/c1-15(2)17-13-21(12-16-6-10-19-11-7-16)18(14-20-17)8-4-3-5-9-18/h6-7,10-11,15,17,20H,3-5,8-9,12-14H2,1-2H3. The van der Waals surface area contributed by atoms with Gasteiger partial charge in [-0.2, -0.15) is 0 Å². The van der Waals surface area contributed by atoms with Gasteiger partial charge in [0.05, 0.1) is 0 Å². The van der Waals surface area contributed by atoms with Crippen LogP contribution in [0.5, 0.6) is 0 Å². The molecule has 3 heteroatoms. The van der Waals surface area contributed by atoms with Gasteiger partial charge in [-0.3, -0.25) is 9.88 Å². The SMILES string of the molecule is CC(C)C1CN(Cc2ccncc2)C2(CCCCC2)CN1. The molecular formula is C18H29N3. The summed E-state index contributed by atoms with van der Waals surface area (Å²) in [6.07, 6.45) is 10.8. The summed E-state index contributed by atoms with van der Waals surface area (Å²) in [5, 5.41) is 3.84. The predicted molar refractivity (Wildman–Crippen MR) is 87.1 cm³/mol. The molecule has 2 fully saturated rings. The Morgan fingerprint density at radius 2 is 1.95 bits per heavy atom. The van der Waals surface area contributed by atoms with Gasteiger partial charge >= 0.3 is 0 Å². The summed E-state index contributed by atoms with van der Waals surface area (Å²) in [6, 6.07) is 4.96. The molecule has 116 valence electrons. The number of rotatable bonds is 3. The van der Waals surface area contributed by atoms with Crippen LogP contribution in [0.4, 0.5) is 0 Å². The van der Waals surface area contributed by atoms with Gasteiger partial charge in [0.15, 0.2) is 0 Å². The van der Waals surface area contributed by atoms with E-state index in [1.807, 2.05) is 12.4 Å². The third-order valence-corrected chi connectivity index (χ3v) is 5.49. The van der Waals surface area contributed by atoms with Crippen molar-refractivity contribution in [1.82, 2.24) is 15.2 Å². The maximum atomic E-state index is 4.15. The molecular weight excluding hydrogens is 258 g/mol. The van der Waals surface area contributed by atoms with Crippen LogP contribution in [0.3, 0.4) is 0 Å². The fourth-order valence-corrected chi connectivity index (χ4v) is 4.02. The zero-order chi connectivity index (χ0) is 14.7. The van der Waals surface area contributed by atoms with Crippen molar-refractivity contribution >= 4 is 0 Å². The van der Waals surface area contributed by atoms with Crippen LogP contribution in [-0.2, 0) is 6.54 Å². The molecule has 1 saturated heterocycles. The van der Waals surface area contributed by atoms with Gasteiger partial charge in [-0.25, -0.2) is 0 Å². The Morgan fingerprint density at radius 3 is 2.62 bits per heavy atom. The number of aromatic nitrogens is 1. The summed E-state index contributed by atoms with van der Waals surface area (Å²) in [5.41, 5.74) is 1.80.